The molecule has 1 aliphatic carbocycles. The molecule has 3 rings (SSSR count). The Morgan fingerprint density at radius 1 is 1.33 bits per heavy atom. The van der Waals surface area contributed by atoms with Crippen molar-refractivity contribution in [3.8, 4) is 0 Å². The van der Waals surface area contributed by atoms with Gasteiger partial charge in [0, 0.05) is 6.54 Å². The lowest BCUT2D eigenvalue weighted by molar-refractivity contribution is 0.361. The third-order valence-electron chi connectivity index (χ3n) is 4.03. The second-order valence-corrected chi connectivity index (χ2v) is 5.82. The second kappa shape index (κ2) is 4.26. The zero-order chi connectivity index (χ0) is 12.6. The first kappa shape index (κ1) is 11.5. The zero-order valence-electron chi connectivity index (χ0n) is 11.1. The van der Waals surface area contributed by atoms with E-state index in [1.54, 1.807) is 6.33 Å². The first-order valence-corrected chi connectivity index (χ1v) is 6.71. The Bertz CT molecular complexity index is 552. The van der Waals surface area contributed by atoms with E-state index < -0.39 is 0 Å². The van der Waals surface area contributed by atoms with Crippen molar-refractivity contribution in [2.24, 2.45) is 5.41 Å². The SMILES string of the molecule is Cc1cc(NCC2(C)CCCC2)n2ncnc2c1. The maximum Gasteiger partial charge on any atom is 0.157 e. The maximum absolute atomic E-state index is 4.27. The standard InChI is InChI=1S/C14H20N4/c1-11-7-12(18-13(8-11)16-10-17-18)15-9-14(2)5-3-4-6-14/h7-8,10,15H,3-6,9H2,1-2H3. The van der Waals surface area contributed by atoms with Gasteiger partial charge in [-0.15, -0.1) is 0 Å². The molecule has 0 saturated heterocycles. The molecule has 0 bridgehead atoms. The van der Waals surface area contributed by atoms with Gasteiger partial charge in [-0.2, -0.15) is 9.61 Å². The number of pyridine rings is 1. The van der Waals surface area contributed by atoms with Crippen molar-refractivity contribution < 1.29 is 0 Å². The lowest BCUT2D eigenvalue weighted by Crippen LogP contribution is -2.24. The van der Waals surface area contributed by atoms with Crippen molar-refractivity contribution in [1.29, 1.82) is 0 Å². The molecule has 2 aromatic heterocycles. The highest BCUT2D eigenvalue weighted by atomic mass is 15.3. The zero-order valence-corrected chi connectivity index (χ0v) is 11.1. The van der Waals surface area contributed by atoms with E-state index in [2.05, 4.69) is 41.4 Å². The highest BCUT2D eigenvalue weighted by molar-refractivity contribution is 5.51. The fraction of sp³-hybridized carbons (Fsp3) is 0.571. The minimum Gasteiger partial charge on any atom is -0.369 e. The number of aryl methyl sites for hydroxylation is 1. The maximum atomic E-state index is 4.27. The van der Waals surface area contributed by atoms with Crippen LogP contribution >= 0.6 is 0 Å². The van der Waals surface area contributed by atoms with Crippen molar-refractivity contribution in [2.75, 3.05) is 11.9 Å². The van der Waals surface area contributed by atoms with E-state index in [0.29, 0.717) is 5.41 Å². The summed E-state index contributed by atoms with van der Waals surface area (Å²) in [5.41, 5.74) is 2.57. The van der Waals surface area contributed by atoms with Crippen molar-refractivity contribution in [3.63, 3.8) is 0 Å². The first-order valence-electron chi connectivity index (χ1n) is 6.71. The molecule has 0 spiro atoms. The number of nitrogens with zero attached hydrogens (tertiary/aromatic N) is 3. The van der Waals surface area contributed by atoms with Crippen LogP contribution in [0.4, 0.5) is 5.82 Å². The second-order valence-electron chi connectivity index (χ2n) is 5.82. The van der Waals surface area contributed by atoms with Gasteiger partial charge >= 0.3 is 0 Å². The fourth-order valence-electron chi connectivity index (χ4n) is 2.89. The van der Waals surface area contributed by atoms with E-state index >= 15 is 0 Å². The van der Waals surface area contributed by atoms with Gasteiger partial charge < -0.3 is 5.32 Å². The van der Waals surface area contributed by atoms with Crippen LogP contribution in [-0.4, -0.2) is 21.1 Å². The first-order chi connectivity index (χ1) is 8.66. The van der Waals surface area contributed by atoms with Gasteiger partial charge in [0.2, 0.25) is 0 Å². The van der Waals surface area contributed by atoms with Crippen LogP contribution in [-0.2, 0) is 0 Å². The van der Waals surface area contributed by atoms with Gasteiger partial charge in [-0.05, 0) is 42.9 Å². The van der Waals surface area contributed by atoms with Crippen LogP contribution in [0.2, 0.25) is 0 Å². The number of anilines is 1. The van der Waals surface area contributed by atoms with Gasteiger partial charge in [-0.25, -0.2) is 4.98 Å². The average molecular weight is 244 g/mol. The highest BCUT2D eigenvalue weighted by Crippen LogP contribution is 2.37. The topological polar surface area (TPSA) is 42.2 Å². The Kier molecular flexibility index (Phi) is 2.73. The number of hydrogen-bond donors (Lipinski definition) is 1. The molecule has 2 aromatic rings. The lowest BCUT2D eigenvalue weighted by Gasteiger charge is -2.24. The Balaban J connectivity index is 1.83. The van der Waals surface area contributed by atoms with Crippen LogP contribution in [0.15, 0.2) is 18.5 Å². The highest BCUT2D eigenvalue weighted by Gasteiger charge is 2.28. The summed E-state index contributed by atoms with van der Waals surface area (Å²) in [6.45, 7) is 5.49. The molecule has 2 heterocycles. The lowest BCUT2D eigenvalue weighted by atomic mass is 9.89. The van der Waals surface area contributed by atoms with Crippen molar-refractivity contribution in [3.05, 3.63) is 24.0 Å². The van der Waals surface area contributed by atoms with Crippen LogP contribution in [0, 0.1) is 12.3 Å². The summed E-state index contributed by atoms with van der Waals surface area (Å²) in [5, 5.41) is 7.83. The number of hydrogen-bond acceptors (Lipinski definition) is 3. The quantitative estimate of drug-likeness (QED) is 0.902. The third-order valence-corrected chi connectivity index (χ3v) is 4.03. The molecule has 1 N–H and O–H groups in total. The van der Waals surface area contributed by atoms with Gasteiger partial charge in [0.15, 0.2) is 5.65 Å². The number of fused-ring (bicyclic) bond motifs is 1. The normalized spacial score (nSPS) is 18.3. The minimum atomic E-state index is 0.441. The Labute approximate surface area is 107 Å². The van der Waals surface area contributed by atoms with Crippen molar-refractivity contribution in [2.45, 2.75) is 39.5 Å². The van der Waals surface area contributed by atoms with Gasteiger partial charge in [0.1, 0.15) is 12.1 Å². The molecule has 96 valence electrons. The summed E-state index contributed by atoms with van der Waals surface area (Å²) in [6, 6.07) is 4.19. The van der Waals surface area contributed by atoms with E-state index in [-0.39, 0.29) is 0 Å². The monoisotopic (exact) mass is 244 g/mol. The van der Waals surface area contributed by atoms with Gasteiger partial charge in [0.25, 0.3) is 0 Å². The summed E-state index contributed by atoms with van der Waals surface area (Å²) in [7, 11) is 0. The fourth-order valence-corrected chi connectivity index (χ4v) is 2.89. The molecule has 0 aromatic carbocycles. The molecule has 0 aliphatic heterocycles. The van der Waals surface area contributed by atoms with E-state index in [1.165, 1.54) is 31.2 Å². The third kappa shape index (κ3) is 2.07. The van der Waals surface area contributed by atoms with Crippen LogP contribution < -0.4 is 5.32 Å². The van der Waals surface area contributed by atoms with Gasteiger partial charge in [-0.3, -0.25) is 0 Å². The molecule has 0 unspecified atom stereocenters. The average Bonchev–Trinajstić information content (AvgIpc) is 2.95. The predicted octanol–water partition coefficient (Wildman–Crippen LogP) is 3.03. The number of nitrogens with one attached hydrogen (secondary N) is 1. The van der Waals surface area contributed by atoms with Crippen LogP contribution in [0.3, 0.4) is 0 Å². The van der Waals surface area contributed by atoms with E-state index in [9.17, 15) is 0 Å². The van der Waals surface area contributed by atoms with Gasteiger partial charge in [0.05, 0.1) is 0 Å². The Hall–Kier alpha value is -1.58. The Morgan fingerprint density at radius 2 is 2.11 bits per heavy atom. The molecule has 1 saturated carbocycles. The molecule has 1 fully saturated rings. The summed E-state index contributed by atoms with van der Waals surface area (Å²) in [4.78, 5) is 4.25. The summed E-state index contributed by atoms with van der Waals surface area (Å²) < 4.78 is 1.88. The number of aromatic nitrogens is 3. The molecule has 4 nitrogen and oxygen atoms in total. The van der Waals surface area contributed by atoms with Crippen molar-refractivity contribution in [1.82, 2.24) is 14.6 Å². The van der Waals surface area contributed by atoms with Crippen LogP contribution in [0.5, 0.6) is 0 Å². The van der Waals surface area contributed by atoms with Crippen molar-refractivity contribution >= 4 is 11.5 Å². The summed E-state index contributed by atoms with van der Waals surface area (Å²) in [6.07, 6.45) is 6.99. The molecular weight excluding hydrogens is 224 g/mol. The molecule has 0 radical (unpaired) electrons. The Morgan fingerprint density at radius 3 is 2.89 bits per heavy atom. The smallest absolute Gasteiger partial charge is 0.157 e. The van der Waals surface area contributed by atoms with E-state index in [0.717, 1.165) is 18.0 Å². The van der Waals surface area contributed by atoms with Crippen LogP contribution in [0.25, 0.3) is 5.65 Å². The van der Waals surface area contributed by atoms with E-state index in [1.807, 2.05) is 4.52 Å². The molecule has 4 heteroatoms. The van der Waals surface area contributed by atoms with Gasteiger partial charge in [-0.1, -0.05) is 19.8 Å². The molecule has 18 heavy (non-hydrogen) atoms. The minimum absolute atomic E-state index is 0.441. The molecule has 0 amide bonds. The van der Waals surface area contributed by atoms with E-state index in [4.69, 9.17) is 0 Å². The molecule has 1 aliphatic rings. The summed E-state index contributed by atoms with van der Waals surface area (Å²) in [5.74, 6) is 1.05. The summed E-state index contributed by atoms with van der Waals surface area (Å²) >= 11 is 0. The van der Waals surface area contributed by atoms with Crippen LogP contribution in [0.1, 0.15) is 38.2 Å². The largest absolute Gasteiger partial charge is 0.369 e. The molecular formula is C14H20N4. The molecule has 0 atom stereocenters. The predicted molar refractivity (Wildman–Crippen MR) is 72.8 cm³/mol. The number of rotatable bonds is 3.